The van der Waals surface area contributed by atoms with Gasteiger partial charge in [-0.25, -0.2) is 18.1 Å². The standard InChI is InChI=1S/C34H41N5O4S/c1-21(2)13-25-20-43-30-15-29(31-22(3)7-5-8-23(31)4)35-33(36-30)37-44(41,42)28-10-6-9-24(14-28)32(40)39(25)27-18-38(19-27)26-16-34(17-26)11-12-34/h5-10,14-15,21,25-27H,11-13,16-20H2,1-4H3,(H,35,36,37)/t25-/m1/s1. The first-order chi connectivity index (χ1) is 21.0. The van der Waals surface area contributed by atoms with Crippen LogP contribution < -0.4 is 9.46 Å². The zero-order valence-corrected chi connectivity index (χ0v) is 26.7. The van der Waals surface area contributed by atoms with E-state index >= 15 is 0 Å². The Morgan fingerprint density at radius 1 is 1.00 bits per heavy atom. The number of nitrogens with zero attached hydrogens (tertiary/aromatic N) is 4. The largest absolute Gasteiger partial charge is 0.475 e. The summed E-state index contributed by atoms with van der Waals surface area (Å²) in [7, 11) is -4.09. The second-order valence-corrected chi connectivity index (χ2v) is 15.5. The topological polar surface area (TPSA) is 105 Å². The molecule has 1 spiro atoms. The Morgan fingerprint density at radius 2 is 1.70 bits per heavy atom. The first-order valence-corrected chi connectivity index (χ1v) is 17.3. The van der Waals surface area contributed by atoms with Crippen LogP contribution in [0.2, 0.25) is 0 Å². The van der Waals surface area contributed by atoms with Crippen LogP contribution in [0, 0.1) is 25.2 Å². The maximum Gasteiger partial charge on any atom is 0.264 e. The van der Waals surface area contributed by atoms with E-state index in [0.29, 0.717) is 28.6 Å². The highest BCUT2D eigenvalue weighted by atomic mass is 32.2. The maximum absolute atomic E-state index is 14.3. The molecule has 2 aliphatic carbocycles. The van der Waals surface area contributed by atoms with Crippen LogP contribution in [0.5, 0.6) is 5.88 Å². The predicted octanol–water partition coefficient (Wildman–Crippen LogP) is 5.44. The summed E-state index contributed by atoms with van der Waals surface area (Å²) in [5, 5.41) is 0. The van der Waals surface area contributed by atoms with Crippen LogP contribution in [0.4, 0.5) is 5.95 Å². The Labute approximate surface area is 260 Å². The van der Waals surface area contributed by atoms with Crippen LogP contribution in [-0.2, 0) is 10.0 Å². The minimum atomic E-state index is -4.09. The van der Waals surface area contributed by atoms with Gasteiger partial charge in [0.15, 0.2) is 0 Å². The molecular weight excluding hydrogens is 574 g/mol. The van der Waals surface area contributed by atoms with Gasteiger partial charge >= 0.3 is 0 Å². The van der Waals surface area contributed by atoms with Gasteiger partial charge in [0, 0.05) is 36.3 Å². The molecule has 4 bridgehead atoms. The Kier molecular flexibility index (Phi) is 7.20. The molecule has 2 aromatic carbocycles. The normalized spacial score (nSPS) is 23.1. The van der Waals surface area contributed by atoms with Crippen molar-refractivity contribution < 1.29 is 17.9 Å². The molecule has 2 aliphatic heterocycles. The SMILES string of the molecule is Cc1cccc(C)c1-c1cc2nc(n1)NS(=O)(=O)c1cccc(c1)C(=O)N(C1CN(C3CC4(CC4)C3)C1)[C@H](CC(C)C)CO2. The highest BCUT2D eigenvalue weighted by Gasteiger charge is 2.56. The van der Waals surface area contributed by atoms with Crippen molar-refractivity contribution in [3.8, 4) is 17.1 Å². The molecule has 4 aliphatic rings. The Hall–Kier alpha value is -3.50. The van der Waals surface area contributed by atoms with Crippen molar-refractivity contribution in [2.45, 2.75) is 82.8 Å². The number of benzene rings is 2. The lowest BCUT2D eigenvalue weighted by atomic mass is 9.74. The monoisotopic (exact) mass is 615 g/mol. The number of rotatable bonds is 5. The quantitative estimate of drug-likeness (QED) is 0.408. The molecule has 44 heavy (non-hydrogen) atoms. The van der Waals surface area contributed by atoms with E-state index in [4.69, 9.17) is 4.74 Å². The second kappa shape index (κ2) is 10.8. The van der Waals surface area contributed by atoms with Gasteiger partial charge in [0.1, 0.15) is 6.61 Å². The van der Waals surface area contributed by atoms with Crippen molar-refractivity contribution >= 4 is 21.9 Å². The summed E-state index contributed by atoms with van der Waals surface area (Å²) in [6.07, 6.45) is 6.02. The van der Waals surface area contributed by atoms with Crippen molar-refractivity contribution in [1.82, 2.24) is 19.8 Å². The highest BCUT2D eigenvalue weighted by molar-refractivity contribution is 7.92. The fraction of sp³-hybridized carbons (Fsp3) is 0.500. The van der Waals surface area contributed by atoms with Gasteiger partial charge in [0.2, 0.25) is 11.8 Å². The Balaban J connectivity index is 1.28. The van der Waals surface area contributed by atoms with E-state index in [2.05, 4.69) is 33.4 Å². The molecular formula is C34H41N5O4S. The number of amides is 1. The van der Waals surface area contributed by atoms with Gasteiger partial charge in [-0.2, -0.15) is 4.98 Å². The van der Waals surface area contributed by atoms with Crippen LogP contribution >= 0.6 is 0 Å². The summed E-state index contributed by atoms with van der Waals surface area (Å²) >= 11 is 0. The van der Waals surface area contributed by atoms with E-state index in [1.54, 1.807) is 18.2 Å². The van der Waals surface area contributed by atoms with Gasteiger partial charge < -0.3 is 9.64 Å². The molecule has 1 atom stereocenters. The molecule has 1 N–H and O–H groups in total. The number of hydrogen-bond donors (Lipinski definition) is 1. The number of nitrogens with one attached hydrogen (secondary N) is 1. The van der Waals surface area contributed by atoms with Crippen molar-refractivity contribution in [2.24, 2.45) is 11.3 Å². The molecule has 1 saturated heterocycles. The molecule has 10 heteroatoms. The molecule has 232 valence electrons. The number of anilines is 1. The first kappa shape index (κ1) is 29.2. The van der Waals surface area contributed by atoms with Gasteiger partial charge in [-0.15, -0.1) is 0 Å². The van der Waals surface area contributed by atoms with Crippen LogP contribution in [-0.4, -0.2) is 71.9 Å². The molecule has 1 amide bonds. The number of likely N-dealkylation sites (tertiary alicyclic amines) is 1. The number of carbonyl (C=O) groups is 1. The molecule has 0 unspecified atom stereocenters. The third-order valence-corrected chi connectivity index (χ3v) is 11.3. The smallest absolute Gasteiger partial charge is 0.264 e. The van der Waals surface area contributed by atoms with Gasteiger partial charge in [-0.3, -0.25) is 9.69 Å². The molecule has 2 saturated carbocycles. The van der Waals surface area contributed by atoms with Gasteiger partial charge in [0.25, 0.3) is 15.9 Å². The minimum Gasteiger partial charge on any atom is -0.475 e. The molecule has 1 aromatic heterocycles. The van der Waals surface area contributed by atoms with E-state index in [9.17, 15) is 13.2 Å². The van der Waals surface area contributed by atoms with Gasteiger partial charge in [-0.05, 0) is 86.6 Å². The molecule has 3 aromatic rings. The number of aryl methyl sites for hydroxylation is 2. The zero-order valence-electron chi connectivity index (χ0n) is 25.9. The van der Waals surface area contributed by atoms with Crippen LogP contribution in [0.3, 0.4) is 0 Å². The molecule has 0 radical (unpaired) electrons. The average molecular weight is 616 g/mol. The Morgan fingerprint density at radius 3 is 2.39 bits per heavy atom. The molecule has 7 rings (SSSR count). The summed E-state index contributed by atoms with van der Waals surface area (Å²) in [5.41, 5.74) is 4.47. The van der Waals surface area contributed by atoms with Crippen molar-refractivity contribution in [2.75, 3.05) is 24.4 Å². The number of sulfonamides is 1. The van der Waals surface area contributed by atoms with Crippen molar-refractivity contribution in [1.29, 1.82) is 0 Å². The van der Waals surface area contributed by atoms with Gasteiger partial charge in [-0.1, -0.05) is 38.1 Å². The number of carbonyl (C=O) groups excluding carboxylic acids is 1. The van der Waals surface area contributed by atoms with Gasteiger partial charge in [0.05, 0.1) is 22.7 Å². The third kappa shape index (κ3) is 5.47. The predicted molar refractivity (Wildman–Crippen MR) is 169 cm³/mol. The lowest BCUT2D eigenvalue weighted by molar-refractivity contribution is -0.0508. The lowest BCUT2D eigenvalue weighted by Crippen LogP contribution is -2.67. The molecule has 3 fully saturated rings. The average Bonchev–Trinajstić information content (AvgIpc) is 3.73. The summed E-state index contributed by atoms with van der Waals surface area (Å²) in [6.45, 7) is 10.2. The summed E-state index contributed by atoms with van der Waals surface area (Å²) < 4.78 is 36.2. The third-order valence-electron chi connectivity index (χ3n) is 9.95. The van der Waals surface area contributed by atoms with E-state index in [1.807, 2.05) is 36.9 Å². The van der Waals surface area contributed by atoms with E-state index in [1.165, 1.54) is 37.8 Å². The summed E-state index contributed by atoms with van der Waals surface area (Å²) in [6, 6.07) is 14.5. The van der Waals surface area contributed by atoms with E-state index < -0.39 is 10.0 Å². The fourth-order valence-electron chi connectivity index (χ4n) is 7.38. The van der Waals surface area contributed by atoms with Crippen molar-refractivity contribution in [3.05, 3.63) is 65.2 Å². The number of fused-ring (bicyclic) bond motifs is 4. The zero-order chi connectivity index (χ0) is 30.8. The number of aromatic nitrogens is 2. The lowest BCUT2D eigenvalue weighted by Gasteiger charge is -2.55. The van der Waals surface area contributed by atoms with Crippen LogP contribution in [0.1, 0.15) is 67.4 Å². The summed E-state index contributed by atoms with van der Waals surface area (Å²) in [4.78, 5) is 27.9. The summed E-state index contributed by atoms with van der Waals surface area (Å²) in [5.74, 6) is 0.340. The molecule has 9 nitrogen and oxygen atoms in total. The minimum absolute atomic E-state index is 0.00839. The maximum atomic E-state index is 14.3. The van der Waals surface area contributed by atoms with Crippen molar-refractivity contribution in [3.63, 3.8) is 0 Å². The molecule has 3 heterocycles. The highest BCUT2D eigenvalue weighted by Crippen LogP contribution is 2.62. The number of hydrogen-bond acceptors (Lipinski definition) is 7. The number of ether oxygens (including phenoxy) is 1. The van der Waals surface area contributed by atoms with Crippen LogP contribution in [0.15, 0.2) is 53.4 Å². The second-order valence-electron chi connectivity index (χ2n) is 13.8. The first-order valence-electron chi connectivity index (χ1n) is 15.8. The van der Waals surface area contributed by atoms with E-state index in [-0.39, 0.29) is 41.3 Å². The van der Waals surface area contributed by atoms with Crippen LogP contribution in [0.25, 0.3) is 11.3 Å². The Bertz CT molecular complexity index is 1690. The fourth-order valence-corrected chi connectivity index (χ4v) is 8.37. The van der Waals surface area contributed by atoms with E-state index in [0.717, 1.165) is 36.2 Å².